The second-order valence-electron chi connectivity index (χ2n) is 17.9. The molecule has 0 bridgehead atoms. The molecule has 1 saturated heterocycles. The number of hydrogen-bond donors (Lipinski definition) is 4. The van der Waals surface area contributed by atoms with Crippen LogP contribution in [0.1, 0.15) is 78.9 Å². The molecule has 354 valence electrons. The van der Waals surface area contributed by atoms with Crippen LogP contribution in [0.3, 0.4) is 0 Å². The van der Waals surface area contributed by atoms with Crippen LogP contribution in [-0.2, 0) is 51.3 Å². The molecule has 2 aromatic rings. The summed E-state index contributed by atoms with van der Waals surface area (Å²) in [7, 11) is 4.78. The lowest BCUT2D eigenvalue weighted by Gasteiger charge is -2.41. The van der Waals surface area contributed by atoms with Gasteiger partial charge in [-0.2, -0.15) is 0 Å². The average Bonchev–Trinajstić information content (AvgIpc) is 3.78. The molecule has 8 atom stereocenters. The van der Waals surface area contributed by atoms with Crippen LogP contribution in [0.5, 0.6) is 0 Å². The number of amides is 5. The monoisotopic (exact) mass is 890 g/mol. The smallest absolute Gasteiger partial charge is 0.266 e. The Bertz CT molecular complexity index is 1820. The first-order valence-corrected chi connectivity index (χ1v) is 23.0. The quantitative estimate of drug-likeness (QED) is 0.113. The summed E-state index contributed by atoms with van der Waals surface area (Å²) in [4.78, 5) is 81.4. The molecule has 4 rings (SSSR count). The summed E-state index contributed by atoms with van der Waals surface area (Å²) in [5, 5.41) is 9.40. The van der Waals surface area contributed by atoms with Crippen molar-refractivity contribution in [3.8, 4) is 0 Å². The van der Waals surface area contributed by atoms with Gasteiger partial charge in [0.1, 0.15) is 18.2 Å². The zero-order valence-electron chi connectivity index (χ0n) is 39.8. The summed E-state index contributed by atoms with van der Waals surface area (Å²) in [6, 6.07) is 16.2. The minimum absolute atomic E-state index is 0.0447. The number of carbonyl (C=O) groups is 5. The molecular formula is C49H75N7O8. The fourth-order valence-corrected chi connectivity index (χ4v) is 8.87. The molecule has 4 N–H and O–H groups in total. The van der Waals surface area contributed by atoms with Gasteiger partial charge in [-0.1, -0.05) is 122 Å². The third-order valence-corrected chi connectivity index (χ3v) is 12.7. The second-order valence-corrected chi connectivity index (χ2v) is 17.9. The van der Waals surface area contributed by atoms with E-state index in [0.29, 0.717) is 25.1 Å². The molecule has 2 aromatic carbocycles. The Labute approximate surface area is 381 Å². The van der Waals surface area contributed by atoms with Crippen LogP contribution in [0, 0.1) is 23.7 Å². The van der Waals surface area contributed by atoms with Gasteiger partial charge in [-0.3, -0.25) is 33.7 Å². The number of likely N-dealkylation sites (N-methyl/N-ethyl adjacent to an activating group) is 1. The van der Waals surface area contributed by atoms with Gasteiger partial charge in [-0.15, -0.1) is 0 Å². The van der Waals surface area contributed by atoms with Crippen molar-refractivity contribution in [3.63, 3.8) is 0 Å². The summed E-state index contributed by atoms with van der Waals surface area (Å²) in [5.74, 6) is -2.60. The lowest BCUT2D eigenvalue weighted by atomic mass is 9.89. The summed E-state index contributed by atoms with van der Waals surface area (Å²) < 4.78 is 12.0. The first-order chi connectivity index (χ1) is 30.6. The third-order valence-electron chi connectivity index (χ3n) is 12.7. The highest BCUT2D eigenvalue weighted by atomic mass is 16.7. The fraction of sp³-hybridized carbons (Fsp3) is 0.612. The van der Waals surface area contributed by atoms with Crippen molar-refractivity contribution in [2.75, 3.05) is 54.0 Å². The summed E-state index contributed by atoms with van der Waals surface area (Å²) in [5.41, 5.74) is 4.79. The Morgan fingerprint density at radius 2 is 1.41 bits per heavy atom. The van der Waals surface area contributed by atoms with Crippen LogP contribution >= 0.6 is 0 Å². The molecule has 5 amide bonds. The van der Waals surface area contributed by atoms with Gasteiger partial charge < -0.3 is 35.2 Å². The molecule has 0 saturated carbocycles. The Morgan fingerprint density at radius 1 is 0.781 bits per heavy atom. The molecule has 0 aromatic heterocycles. The molecular weight excluding hydrogens is 815 g/mol. The van der Waals surface area contributed by atoms with Gasteiger partial charge in [-0.05, 0) is 35.3 Å². The van der Waals surface area contributed by atoms with Crippen LogP contribution in [-0.4, -0.2) is 135 Å². The molecule has 15 nitrogen and oxygen atoms in total. The maximum absolute atomic E-state index is 14.5. The van der Waals surface area contributed by atoms with Crippen LogP contribution in [0.2, 0.25) is 0 Å². The number of ether oxygens (including phenoxy) is 2. The molecule has 0 aliphatic carbocycles. The SMILES string of the molecule is CC[C@H](C)[C@@H](C(CC(=O)N1CCC=C1[C@H](OC)[C@@H](C)C(=O)N[C@@H](Cc1ccccc1)C(=O)NOCc1ccccc1)OC)N(C)C(=O)[C@@H](NC(=O)[C@H](C(C)C)N1CCNCC1)C(C)C. The summed E-state index contributed by atoms with van der Waals surface area (Å²) >= 11 is 0. The zero-order valence-corrected chi connectivity index (χ0v) is 39.8. The molecule has 0 radical (unpaired) electrons. The zero-order chi connectivity index (χ0) is 46.9. The summed E-state index contributed by atoms with van der Waals surface area (Å²) in [6.45, 7) is 17.3. The van der Waals surface area contributed by atoms with Crippen molar-refractivity contribution in [1.82, 2.24) is 36.1 Å². The molecule has 15 heteroatoms. The predicted molar refractivity (Wildman–Crippen MR) is 247 cm³/mol. The van der Waals surface area contributed by atoms with E-state index >= 15 is 0 Å². The molecule has 2 aliphatic rings. The van der Waals surface area contributed by atoms with E-state index in [9.17, 15) is 24.0 Å². The second kappa shape index (κ2) is 25.7. The lowest BCUT2D eigenvalue weighted by Crippen LogP contribution is -2.61. The number of hydrogen-bond acceptors (Lipinski definition) is 10. The van der Waals surface area contributed by atoms with Gasteiger partial charge >= 0.3 is 0 Å². The summed E-state index contributed by atoms with van der Waals surface area (Å²) in [6.07, 6.45) is 1.85. The third kappa shape index (κ3) is 14.2. The first kappa shape index (κ1) is 52.0. The lowest BCUT2D eigenvalue weighted by molar-refractivity contribution is -0.146. The standard InChI is InChI=1S/C49H75N7O8/c1-11-34(6)44(54(8)49(61)42(32(2)3)52-48(60)43(33(4)5)55-27-24-50-25-28-55)40(62-9)30-41(57)56-26-18-23-39(56)45(63-10)35(7)46(58)51-38(29-36-19-14-12-15-20-36)47(59)53-64-31-37-21-16-13-17-22-37/h12-17,19-23,32-35,38,40,42-45,50H,11,18,24-31H2,1-10H3,(H,51,58)(H,52,60)(H,53,59)/t34-,35+,38-,40?,42-,43-,44-,45+/m0/s1. The number of rotatable bonds is 24. The molecule has 2 aliphatic heterocycles. The van der Waals surface area contributed by atoms with E-state index in [1.54, 1.807) is 30.9 Å². The van der Waals surface area contributed by atoms with Crippen LogP contribution in [0.25, 0.3) is 0 Å². The number of hydroxylamine groups is 1. The first-order valence-electron chi connectivity index (χ1n) is 23.0. The Kier molecular flexibility index (Phi) is 20.9. The van der Waals surface area contributed by atoms with Gasteiger partial charge in [0.2, 0.25) is 23.6 Å². The van der Waals surface area contributed by atoms with Gasteiger partial charge in [0.15, 0.2) is 0 Å². The van der Waals surface area contributed by atoms with Crippen molar-refractivity contribution in [3.05, 3.63) is 83.6 Å². The van der Waals surface area contributed by atoms with Gasteiger partial charge in [-0.25, -0.2) is 5.48 Å². The largest absolute Gasteiger partial charge is 0.379 e. The number of piperazine rings is 1. The average molecular weight is 890 g/mol. The van der Waals surface area contributed by atoms with E-state index in [2.05, 4.69) is 26.3 Å². The highest BCUT2D eigenvalue weighted by Crippen LogP contribution is 2.29. The minimum atomic E-state index is -0.965. The van der Waals surface area contributed by atoms with Crippen molar-refractivity contribution in [1.29, 1.82) is 0 Å². The van der Waals surface area contributed by atoms with Crippen molar-refractivity contribution >= 4 is 29.5 Å². The highest BCUT2D eigenvalue weighted by Gasteiger charge is 2.42. The maximum Gasteiger partial charge on any atom is 0.266 e. The van der Waals surface area contributed by atoms with Crippen LogP contribution in [0.4, 0.5) is 0 Å². The number of benzene rings is 2. The fourth-order valence-electron chi connectivity index (χ4n) is 8.87. The van der Waals surface area contributed by atoms with Gasteiger partial charge in [0.25, 0.3) is 5.91 Å². The van der Waals surface area contributed by atoms with Gasteiger partial charge in [0.05, 0.1) is 37.1 Å². The van der Waals surface area contributed by atoms with Crippen molar-refractivity contribution < 1.29 is 38.3 Å². The van der Waals surface area contributed by atoms with E-state index in [-0.39, 0.29) is 61.0 Å². The molecule has 1 fully saturated rings. The van der Waals surface area contributed by atoms with Crippen LogP contribution in [0.15, 0.2) is 72.4 Å². The topological polar surface area (TPSA) is 171 Å². The van der Waals surface area contributed by atoms with E-state index < -0.39 is 48.1 Å². The maximum atomic E-state index is 14.5. The predicted octanol–water partition coefficient (Wildman–Crippen LogP) is 4.08. The Balaban J connectivity index is 1.47. The van der Waals surface area contributed by atoms with Crippen molar-refractivity contribution in [2.45, 2.75) is 117 Å². The molecule has 1 unspecified atom stereocenters. The minimum Gasteiger partial charge on any atom is -0.379 e. The van der Waals surface area contributed by atoms with E-state index in [4.69, 9.17) is 14.3 Å². The van der Waals surface area contributed by atoms with Gasteiger partial charge in [0, 0.05) is 66.1 Å². The number of nitrogens with one attached hydrogen (secondary N) is 4. The Morgan fingerprint density at radius 3 is 1.97 bits per heavy atom. The van der Waals surface area contributed by atoms with E-state index in [1.807, 2.05) is 108 Å². The molecule has 2 heterocycles. The van der Waals surface area contributed by atoms with E-state index in [0.717, 1.165) is 37.3 Å². The molecule has 0 spiro atoms. The number of methoxy groups -OCH3 is 2. The highest BCUT2D eigenvalue weighted by molar-refractivity contribution is 5.91. The normalized spacial score (nSPS) is 18.2. The Hall–Kier alpha value is -4.67. The van der Waals surface area contributed by atoms with Crippen molar-refractivity contribution in [2.24, 2.45) is 23.7 Å². The van der Waals surface area contributed by atoms with Crippen LogP contribution < -0.4 is 21.4 Å². The number of carbonyl (C=O) groups excluding carboxylic acids is 5. The number of nitrogens with zero attached hydrogens (tertiary/aromatic N) is 3. The van der Waals surface area contributed by atoms with E-state index in [1.165, 1.54) is 7.11 Å². The molecule has 64 heavy (non-hydrogen) atoms.